The zero-order valence-electron chi connectivity index (χ0n) is 9.51. The van der Waals surface area contributed by atoms with E-state index in [2.05, 4.69) is 28.0 Å². The summed E-state index contributed by atoms with van der Waals surface area (Å²) in [6.45, 7) is 4.03. The fraction of sp³-hybridized carbons (Fsp3) is 0.636. The van der Waals surface area contributed by atoms with Gasteiger partial charge in [-0.1, -0.05) is 13.3 Å². The number of nitrogens with zero attached hydrogens (tertiary/aromatic N) is 2. The van der Waals surface area contributed by atoms with E-state index in [1.165, 1.54) is 0 Å². The van der Waals surface area contributed by atoms with Crippen LogP contribution in [0.1, 0.15) is 37.6 Å². The van der Waals surface area contributed by atoms with Crippen molar-refractivity contribution in [3.8, 4) is 0 Å². The van der Waals surface area contributed by atoms with Crippen LogP contribution in [-0.4, -0.2) is 15.6 Å². The highest BCUT2D eigenvalue weighted by Crippen LogP contribution is 2.21. The van der Waals surface area contributed by atoms with E-state index in [0.29, 0.717) is 18.6 Å². The molecular formula is C11H17BrN2O. The van der Waals surface area contributed by atoms with Crippen LogP contribution >= 0.6 is 15.9 Å². The molecule has 1 heterocycles. The molecule has 0 unspecified atom stereocenters. The lowest BCUT2D eigenvalue weighted by Crippen LogP contribution is -2.07. The average Bonchev–Trinajstić information content (AvgIpc) is 2.42. The van der Waals surface area contributed by atoms with Gasteiger partial charge in [0.25, 0.3) is 0 Å². The molecule has 0 radical (unpaired) electrons. The van der Waals surface area contributed by atoms with Crippen molar-refractivity contribution >= 4 is 21.7 Å². The number of ketones is 1. The summed E-state index contributed by atoms with van der Waals surface area (Å²) < 4.78 is 2.75. The van der Waals surface area contributed by atoms with Crippen molar-refractivity contribution in [3.05, 3.63) is 15.9 Å². The SMILES string of the molecule is CCCCC(=O)Cc1c(Br)c(C)nn1C. The van der Waals surface area contributed by atoms with Gasteiger partial charge in [-0.15, -0.1) is 0 Å². The molecule has 1 aromatic heterocycles. The maximum atomic E-state index is 11.6. The molecule has 84 valence electrons. The first-order valence-electron chi connectivity index (χ1n) is 5.26. The Labute approximate surface area is 99.0 Å². The molecule has 0 saturated heterocycles. The fourth-order valence-corrected chi connectivity index (χ4v) is 2.00. The summed E-state index contributed by atoms with van der Waals surface area (Å²) in [4.78, 5) is 11.6. The van der Waals surface area contributed by atoms with Gasteiger partial charge in [-0.25, -0.2) is 0 Å². The van der Waals surface area contributed by atoms with Crippen LogP contribution in [0.4, 0.5) is 0 Å². The molecule has 0 aliphatic heterocycles. The highest BCUT2D eigenvalue weighted by atomic mass is 79.9. The number of rotatable bonds is 5. The van der Waals surface area contributed by atoms with Crippen molar-refractivity contribution in [1.29, 1.82) is 0 Å². The zero-order chi connectivity index (χ0) is 11.4. The molecule has 0 aliphatic rings. The van der Waals surface area contributed by atoms with Gasteiger partial charge < -0.3 is 0 Å². The standard InChI is InChI=1S/C11H17BrN2O/c1-4-5-6-9(15)7-10-11(12)8(2)13-14(10)3/h4-7H2,1-3H3. The molecule has 3 nitrogen and oxygen atoms in total. The van der Waals surface area contributed by atoms with Gasteiger partial charge >= 0.3 is 0 Å². The Bertz CT molecular complexity index is 358. The molecule has 0 saturated carbocycles. The normalized spacial score (nSPS) is 10.7. The highest BCUT2D eigenvalue weighted by Gasteiger charge is 2.13. The molecule has 0 bridgehead atoms. The second kappa shape index (κ2) is 5.45. The minimum atomic E-state index is 0.292. The Morgan fingerprint density at radius 2 is 2.20 bits per heavy atom. The number of aryl methyl sites for hydroxylation is 2. The van der Waals surface area contributed by atoms with E-state index < -0.39 is 0 Å². The second-order valence-corrected chi connectivity index (χ2v) is 4.58. The van der Waals surface area contributed by atoms with Gasteiger partial charge in [0, 0.05) is 19.9 Å². The van der Waals surface area contributed by atoms with Crippen LogP contribution in [0.2, 0.25) is 0 Å². The molecule has 1 rings (SSSR count). The van der Waals surface area contributed by atoms with Crippen LogP contribution in [0.25, 0.3) is 0 Å². The molecular weight excluding hydrogens is 256 g/mol. The van der Waals surface area contributed by atoms with Crippen molar-refractivity contribution in [2.45, 2.75) is 39.5 Å². The third-order valence-electron chi connectivity index (χ3n) is 2.44. The molecule has 0 N–H and O–H groups in total. The van der Waals surface area contributed by atoms with E-state index in [1.807, 2.05) is 14.0 Å². The number of aromatic nitrogens is 2. The number of Topliss-reactive ketones (excluding diaryl/α,β-unsaturated/α-hetero) is 1. The van der Waals surface area contributed by atoms with Crippen molar-refractivity contribution < 1.29 is 4.79 Å². The maximum Gasteiger partial charge on any atom is 0.138 e. The first-order valence-corrected chi connectivity index (χ1v) is 6.05. The van der Waals surface area contributed by atoms with E-state index in [0.717, 1.165) is 28.7 Å². The van der Waals surface area contributed by atoms with E-state index in [1.54, 1.807) is 4.68 Å². The third kappa shape index (κ3) is 3.16. The minimum Gasteiger partial charge on any atom is -0.299 e. The number of hydrogen-bond acceptors (Lipinski definition) is 2. The zero-order valence-corrected chi connectivity index (χ0v) is 11.1. The monoisotopic (exact) mass is 272 g/mol. The summed E-state index contributed by atoms with van der Waals surface area (Å²) in [6.07, 6.45) is 3.20. The molecule has 0 aliphatic carbocycles. The molecule has 0 atom stereocenters. The lowest BCUT2D eigenvalue weighted by atomic mass is 10.1. The lowest BCUT2D eigenvalue weighted by molar-refractivity contribution is -0.118. The summed E-state index contributed by atoms with van der Waals surface area (Å²) in [7, 11) is 1.88. The van der Waals surface area contributed by atoms with Crippen LogP contribution in [0, 0.1) is 6.92 Å². The van der Waals surface area contributed by atoms with Gasteiger partial charge in [-0.2, -0.15) is 5.10 Å². The molecule has 4 heteroatoms. The topological polar surface area (TPSA) is 34.9 Å². The van der Waals surface area contributed by atoms with E-state index in [9.17, 15) is 4.79 Å². The van der Waals surface area contributed by atoms with Crippen LogP contribution < -0.4 is 0 Å². The molecule has 15 heavy (non-hydrogen) atoms. The third-order valence-corrected chi connectivity index (χ3v) is 3.47. The molecule has 1 aromatic rings. The van der Waals surface area contributed by atoms with Gasteiger partial charge in [0.15, 0.2) is 0 Å². The van der Waals surface area contributed by atoms with Crippen molar-refractivity contribution in [2.24, 2.45) is 7.05 Å². The van der Waals surface area contributed by atoms with Crippen LogP contribution in [-0.2, 0) is 18.3 Å². The minimum absolute atomic E-state index is 0.292. The quantitative estimate of drug-likeness (QED) is 0.826. The average molecular weight is 273 g/mol. The van der Waals surface area contributed by atoms with Gasteiger partial charge in [0.1, 0.15) is 5.78 Å². The summed E-state index contributed by atoms with van der Waals surface area (Å²) in [6, 6.07) is 0. The fourth-order valence-electron chi connectivity index (χ4n) is 1.52. The van der Waals surface area contributed by atoms with E-state index in [-0.39, 0.29) is 0 Å². The van der Waals surface area contributed by atoms with E-state index in [4.69, 9.17) is 0 Å². The number of unbranched alkanes of at least 4 members (excludes halogenated alkanes) is 1. The lowest BCUT2D eigenvalue weighted by Gasteiger charge is -2.02. The van der Waals surface area contributed by atoms with Crippen molar-refractivity contribution in [3.63, 3.8) is 0 Å². The van der Waals surface area contributed by atoms with Crippen molar-refractivity contribution in [2.75, 3.05) is 0 Å². The largest absolute Gasteiger partial charge is 0.299 e. The van der Waals surface area contributed by atoms with Gasteiger partial charge in [0.2, 0.25) is 0 Å². The Morgan fingerprint density at radius 1 is 1.53 bits per heavy atom. The summed E-state index contributed by atoms with van der Waals surface area (Å²) >= 11 is 3.46. The highest BCUT2D eigenvalue weighted by molar-refractivity contribution is 9.10. The maximum absolute atomic E-state index is 11.6. The Balaban J connectivity index is 2.68. The summed E-state index contributed by atoms with van der Waals surface area (Å²) in [5.41, 5.74) is 1.92. The first-order chi connectivity index (χ1) is 7.06. The van der Waals surface area contributed by atoms with Crippen LogP contribution in [0.3, 0.4) is 0 Å². The Morgan fingerprint density at radius 3 is 2.67 bits per heavy atom. The van der Waals surface area contributed by atoms with E-state index >= 15 is 0 Å². The smallest absolute Gasteiger partial charge is 0.138 e. The number of hydrogen-bond donors (Lipinski definition) is 0. The Hall–Kier alpha value is -0.640. The molecule has 0 spiro atoms. The summed E-state index contributed by atoms with van der Waals surface area (Å²) in [5, 5.41) is 4.26. The first kappa shape index (κ1) is 12.4. The Kier molecular flexibility index (Phi) is 4.51. The molecule has 0 aromatic carbocycles. The number of carbonyl (C=O) groups is 1. The van der Waals surface area contributed by atoms with Gasteiger partial charge in [-0.3, -0.25) is 9.48 Å². The van der Waals surface area contributed by atoms with Gasteiger partial charge in [0.05, 0.1) is 15.9 Å². The van der Waals surface area contributed by atoms with Gasteiger partial charge in [-0.05, 0) is 29.3 Å². The predicted molar refractivity (Wildman–Crippen MR) is 63.9 cm³/mol. The second-order valence-electron chi connectivity index (χ2n) is 3.79. The summed E-state index contributed by atoms with van der Waals surface area (Å²) in [5.74, 6) is 0.292. The van der Waals surface area contributed by atoms with Crippen LogP contribution in [0.15, 0.2) is 4.47 Å². The van der Waals surface area contributed by atoms with Crippen LogP contribution in [0.5, 0.6) is 0 Å². The van der Waals surface area contributed by atoms with Crippen molar-refractivity contribution in [1.82, 2.24) is 9.78 Å². The predicted octanol–water partition coefficient (Wildman–Crippen LogP) is 2.79. The number of carbonyl (C=O) groups excluding carboxylic acids is 1. The molecule has 0 fully saturated rings. The number of halogens is 1. The molecule has 0 amide bonds.